The Morgan fingerprint density at radius 3 is 2.88 bits per heavy atom. The summed E-state index contributed by atoms with van der Waals surface area (Å²) in [7, 11) is 1.89. The van der Waals surface area contributed by atoms with Gasteiger partial charge in [0.2, 0.25) is 5.95 Å². The number of aromatic nitrogens is 2. The van der Waals surface area contributed by atoms with Gasteiger partial charge < -0.3 is 5.32 Å². The number of nitrogens with zero attached hydrogens (tertiary/aromatic N) is 2. The van der Waals surface area contributed by atoms with Gasteiger partial charge in [0.05, 0.1) is 5.69 Å². The summed E-state index contributed by atoms with van der Waals surface area (Å²) >= 11 is 0. The van der Waals surface area contributed by atoms with Crippen molar-refractivity contribution in [2.24, 2.45) is 0 Å². The molecule has 0 radical (unpaired) electrons. The fraction of sp³-hybridized carbons (Fsp3) is 0.308. The molecule has 0 bridgehead atoms. The molecule has 2 aromatic rings. The van der Waals surface area contributed by atoms with Crippen LogP contribution in [0.5, 0.6) is 0 Å². The number of anilines is 1. The van der Waals surface area contributed by atoms with Gasteiger partial charge in [-0.05, 0) is 18.1 Å². The topological polar surface area (TPSA) is 29.9 Å². The van der Waals surface area contributed by atoms with Crippen molar-refractivity contribution in [2.45, 2.75) is 19.8 Å². The minimum absolute atomic E-state index is 0.878. The van der Waals surface area contributed by atoms with Crippen LogP contribution < -0.4 is 5.32 Å². The molecule has 0 unspecified atom stereocenters. The number of imidazole rings is 1. The number of para-hydroxylation sites is 1. The summed E-state index contributed by atoms with van der Waals surface area (Å²) in [6.45, 7) is 2.20. The van der Waals surface area contributed by atoms with E-state index in [1.807, 2.05) is 19.4 Å². The highest BCUT2D eigenvalue weighted by molar-refractivity contribution is 5.47. The maximum atomic E-state index is 4.26. The van der Waals surface area contributed by atoms with E-state index in [9.17, 15) is 0 Å². The highest BCUT2D eigenvalue weighted by Crippen LogP contribution is 2.19. The zero-order valence-electron chi connectivity index (χ0n) is 9.77. The molecule has 1 aromatic heterocycles. The van der Waals surface area contributed by atoms with Crippen molar-refractivity contribution in [1.29, 1.82) is 0 Å². The SMILES string of the molecule is CCCc1ccccc1-n1ccnc1NC. The van der Waals surface area contributed by atoms with Gasteiger partial charge in [-0.15, -0.1) is 0 Å². The second kappa shape index (κ2) is 4.84. The molecule has 84 valence electrons. The van der Waals surface area contributed by atoms with Crippen LogP contribution in [0.3, 0.4) is 0 Å². The van der Waals surface area contributed by atoms with Crippen LogP contribution in [0.2, 0.25) is 0 Å². The molecule has 1 N–H and O–H groups in total. The highest BCUT2D eigenvalue weighted by atomic mass is 15.2. The quantitative estimate of drug-likeness (QED) is 0.850. The van der Waals surface area contributed by atoms with E-state index < -0.39 is 0 Å². The Kier molecular flexibility index (Phi) is 3.25. The first kappa shape index (κ1) is 10.7. The van der Waals surface area contributed by atoms with Gasteiger partial charge in [-0.25, -0.2) is 4.98 Å². The first-order valence-corrected chi connectivity index (χ1v) is 5.66. The lowest BCUT2D eigenvalue weighted by atomic mass is 10.1. The minimum Gasteiger partial charge on any atom is -0.358 e. The monoisotopic (exact) mass is 215 g/mol. The average molecular weight is 215 g/mol. The molecule has 0 saturated carbocycles. The lowest BCUT2D eigenvalue weighted by Crippen LogP contribution is -2.03. The van der Waals surface area contributed by atoms with Gasteiger partial charge >= 0.3 is 0 Å². The summed E-state index contributed by atoms with van der Waals surface area (Å²) < 4.78 is 2.09. The standard InChI is InChI=1S/C13H17N3/c1-3-6-11-7-4-5-8-12(11)16-10-9-15-13(16)14-2/h4-5,7-10H,3,6H2,1-2H3,(H,14,15). The van der Waals surface area contributed by atoms with Crippen molar-refractivity contribution < 1.29 is 0 Å². The number of hydrogen-bond donors (Lipinski definition) is 1. The van der Waals surface area contributed by atoms with Crippen LogP contribution >= 0.6 is 0 Å². The van der Waals surface area contributed by atoms with Gasteiger partial charge in [0.15, 0.2) is 0 Å². The molecule has 0 spiro atoms. The van der Waals surface area contributed by atoms with Crippen LogP contribution in [0.15, 0.2) is 36.7 Å². The molecule has 0 aliphatic rings. The zero-order valence-corrected chi connectivity index (χ0v) is 9.77. The highest BCUT2D eigenvalue weighted by Gasteiger charge is 2.06. The van der Waals surface area contributed by atoms with Crippen molar-refractivity contribution in [3.05, 3.63) is 42.2 Å². The van der Waals surface area contributed by atoms with Crippen LogP contribution in [0, 0.1) is 0 Å². The third-order valence-corrected chi connectivity index (χ3v) is 2.63. The van der Waals surface area contributed by atoms with Crippen LogP contribution in [-0.2, 0) is 6.42 Å². The number of hydrogen-bond acceptors (Lipinski definition) is 2. The second-order valence-corrected chi connectivity index (χ2v) is 3.75. The van der Waals surface area contributed by atoms with Crippen LogP contribution in [0.4, 0.5) is 5.95 Å². The molecular formula is C13H17N3. The van der Waals surface area contributed by atoms with Gasteiger partial charge in [-0.3, -0.25) is 4.57 Å². The van der Waals surface area contributed by atoms with Gasteiger partial charge in [-0.1, -0.05) is 31.5 Å². The zero-order chi connectivity index (χ0) is 11.4. The summed E-state index contributed by atoms with van der Waals surface area (Å²) in [5.41, 5.74) is 2.57. The molecule has 0 aliphatic carbocycles. The molecule has 0 fully saturated rings. The Hall–Kier alpha value is -1.77. The summed E-state index contributed by atoms with van der Waals surface area (Å²) in [6, 6.07) is 8.46. The van der Waals surface area contributed by atoms with Crippen molar-refractivity contribution in [3.63, 3.8) is 0 Å². The summed E-state index contributed by atoms with van der Waals surface area (Å²) in [4.78, 5) is 4.26. The Morgan fingerprint density at radius 2 is 2.12 bits per heavy atom. The Balaban J connectivity index is 2.46. The van der Waals surface area contributed by atoms with Crippen molar-refractivity contribution >= 4 is 5.95 Å². The molecule has 2 rings (SSSR count). The first-order valence-electron chi connectivity index (χ1n) is 5.66. The van der Waals surface area contributed by atoms with E-state index in [1.165, 1.54) is 11.3 Å². The molecule has 0 saturated heterocycles. The van der Waals surface area contributed by atoms with Crippen molar-refractivity contribution in [2.75, 3.05) is 12.4 Å². The van der Waals surface area contributed by atoms with Gasteiger partial charge in [0, 0.05) is 19.4 Å². The number of benzene rings is 1. The maximum absolute atomic E-state index is 4.26. The molecule has 16 heavy (non-hydrogen) atoms. The van der Waals surface area contributed by atoms with E-state index in [1.54, 1.807) is 0 Å². The number of nitrogens with one attached hydrogen (secondary N) is 1. The molecule has 1 heterocycles. The van der Waals surface area contributed by atoms with Crippen molar-refractivity contribution in [3.8, 4) is 5.69 Å². The van der Waals surface area contributed by atoms with Gasteiger partial charge in [0.1, 0.15) is 0 Å². The predicted octanol–water partition coefficient (Wildman–Crippen LogP) is 2.87. The van der Waals surface area contributed by atoms with E-state index >= 15 is 0 Å². The van der Waals surface area contributed by atoms with E-state index in [2.05, 4.69) is 46.1 Å². The van der Waals surface area contributed by atoms with E-state index in [0.717, 1.165) is 18.8 Å². The lowest BCUT2D eigenvalue weighted by Gasteiger charge is -2.11. The Bertz CT molecular complexity index is 460. The molecular weight excluding hydrogens is 198 g/mol. The Morgan fingerprint density at radius 1 is 1.31 bits per heavy atom. The molecule has 3 heteroatoms. The number of rotatable bonds is 4. The summed E-state index contributed by atoms with van der Waals surface area (Å²) in [6.07, 6.45) is 6.05. The molecule has 1 aromatic carbocycles. The number of aryl methyl sites for hydroxylation is 1. The third kappa shape index (κ3) is 1.94. The molecule has 3 nitrogen and oxygen atoms in total. The lowest BCUT2D eigenvalue weighted by molar-refractivity contribution is 0.899. The molecule has 0 amide bonds. The minimum atomic E-state index is 0.878. The van der Waals surface area contributed by atoms with Crippen LogP contribution in [0.1, 0.15) is 18.9 Å². The second-order valence-electron chi connectivity index (χ2n) is 3.75. The summed E-state index contributed by atoms with van der Waals surface area (Å²) in [5.74, 6) is 0.878. The normalized spacial score (nSPS) is 10.4. The fourth-order valence-corrected chi connectivity index (χ4v) is 1.91. The Labute approximate surface area is 96.1 Å². The maximum Gasteiger partial charge on any atom is 0.207 e. The van der Waals surface area contributed by atoms with Crippen LogP contribution in [-0.4, -0.2) is 16.6 Å². The smallest absolute Gasteiger partial charge is 0.207 e. The third-order valence-electron chi connectivity index (χ3n) is 2.63. The summed E-state index contributed by atoms with van der Waals surface area (Å²) in [5, 5.41) is 3.10. The van der Waals surface area contributed by atoms with E-state index in [-0.39, 0.29) is 0 Å². The largest absolute Gasteiger partial charge is 0.358 e. The van der Waals surface area contributed by atoms with E-state index in [0.29, 0.717) is 0 Å². The van der Waals surface area contributed by atoms with Gasteiger partial charge in [-0.2, -0.15) is 0 Å². The fourth-order valence-electron chi connectivity index (χ4n) is 1.91. The first-order chi connectivity index (χ1) is 7.86. The molecule has 0 atom stereocenters. The van der Waals surface area contributed by atoms with E-state index in [4.69, 9.17) is 0 Å². The van der Waals surface area contributed by atoms with Gasteiger partial charge in [0.25, 0.3) is 0 Å². The molecule has 0 aliphatic heterocycles. The average Bonchev–Trinajstić information content (AvgIpc) is 2.78. The van der Waals surface area contributed by atoms with Crippen molar-refractivity contribution in [1.82, 2.24) is 9.55 Å². The van der Waals surface area contributed by atoms with Crippen LogP contribution in [0.25, 0.3) is 5.69 Å². The predicted molar refractivity (Wildman–Crippen MR) is 67.1 cm³/mol.